The fourth-order valence-corrected chi connectivity index (χ4v) is 4.36. The van der Waals surface area contributed by atoms with E-state index >= 15 is 0 Å². The summed E-state index contributed by atoms with van der Waals surface area (Å²) in [4.78, 5) is 0.868. The fraction of sp³-hybridized carbons (Fsp3) is 0.364. The minimum absolute atomic E-state index is 0.709. The van der Waals surface area contributed by atoms with Gasteiger partial charge in [-0.1, -0.05) is 80.5 Å². The van der Waals surface area contributed by atoms with Gasteiger partial charge >= 0.3 is 0 Å². The van der Waals surface area contributed by atoms with Crippen molar-refractivity contribution in [2.24, 2.45) is 0 Å². The highest BCUT2D eigenvalue weighted by Crippen LogP contribution is 2.47. The molecule has 0 bridgehead atoms. The van der Waals surface area contributed by atoms with Crippen LogP contribution in [-0.4, -0.2) is 0 Å². The van der Waals surface area contributed by atoms with Gasteiger partial charge in [-0.25, -0.2) is 0 Å². The summed E-state index contributed by atoms with van der Waals surface area (Å²) in [5.41, 5.74) is 2.30. The maximum Gasteiger partial charge on any atom is 0.142 e. The van der Waals surface area contributed by atoms with Gasteiger partial charge in [-0.05, 0) is 36.6 Å². The highest BCUT2D eigenvalue weighted by Gasteiger charge is 2.21. The summed E-state index contributed by atoms with van der Waals surface area (Å²) in [6.07, 6.45) is 9.07. The van der Waals surface area contributed by atoms with Crippen LogP contribution in [0.1, 0.15) is 56.6 Å². The Bertz CT molecular complexity index is 706. The van der Waals surface area contributed by atoms with E-state index in [-0.39, 0.29) is 0 Å². The van der Waals surface area contributed by atoms with Crippen molar-refractivity contribution in [1.29, 1.82) is 0 Å². The molecule has 1 atom stereocenters. The number of hydrogen-bond acceptors (Lipinski definition) is 1. The first kappa shape index (κ1) is 18.1. The monoisotopic (exact) mass is 355 g/mol. The molecule has 133 valence electrons. The second-order valence-electron chi connectivity index (χ2n) is 6.60. The van der Waals surface area contributed by atoms with E-state index in [1.807, 2.05) is 36.4 Å². The number of hydrogen-bond donors (Lipinski definition) is 1. The smallest absolute Gasteiger partial charge is 0.142 e. The Kier molecular flexibility index (Phi) is 6.60. The molecule has 0 spiro atoms. The average molecular weight is 356 g/mol. The lowest BCUT2D eigenvalue weighted by Gasteiger charge is -2.09. The Morgan fingerprint density at radius 1 is 0.880 bits per heavy atom. The largest absolute Gasteiger partial charge is 0.456 e. The van der Waals surface area contributed by atoms with Crippen molar-refractivity contribution in [2.75, 3.05) is 0 Å². The van der Waals surface area contributed by atoms with Gasteiger partial charge in [0, 0.05) is 15.9 Å². The zero-order valence-corrected chi connectivity index (χ0v) is 15.8. The number of benzene rings is 2. The minimum Gasteiger partial charge on any atom is -0.456 e. The lowest BCUT2D eigenvalue weighted by Crippen LogP contribution is -1.93. The predicted octanol–water partition coefficient (Wildman–Crippen LogP) is 6.69. The summed E-state index contributed by atoms with van der Waals surface area (Å²) >= 11 is -1.47. The van der Waals surface area contributed by atoms with E-state index in [0.29, 0.717) is 5.76 Å². The number of ether oxygens (including phenoxy) is 1. The number of thiol groups is 1. The molecular weight excluding hydrogens is 328 g/mol. The van der Waals surface area contributed by atoms with Crippen LogP contribution in [0.5, 0.6) is 5.75 Å². The van der Waals surface area contributed by atoms with Crippen molar-refractivity contribution >= 4 is 16.9 Å². The topological polar surface area (TPSA) is 29.1 Å². The highest BCUT2D eigenvalue weighted by molar-refractivity contribution is 8.15. The molecule has 0 aliphatic carbocycles. The molecule has 0 saturated carbocycles. The number of rotatable bonds is 9. The van der Waals surface area contributed by atoms with E-state index in [1.165, 1.54) is 44.1 Å². The summed E-state index contributed by atoms with van der Waals surface area (Å²) in [6.45, 7) is 2.25. The van der Waals surface area contributed by atoms with Gasteiger partial charge in [0.1, 0.15) is 11.5 Å². The third kappa shape index (κ3) is 4.90. The highest BCUT2D eigenvalue weighted by atomic mass is 32.2. The second kappa shape index (κ2) is 9.12. The molecule has 1 aliphatic rings. The van der Waals surface area contributed by atoms with Gasteiger partial charge in [0.2, 0.25) is 0 Å². The van der Waals surface area contributed by atoms with Crippen molar-refractivity contribution in [3.05, 3.63) is 65.1 Å². The summed E-state index contributed by atoms with van der Waals surface area (Å²) < 4.78 is 18.1. The summed E-state index contributed by atoms with van der Waals surface area (Å²) in [6, 6.07) is 16.1. The van der Waals surface area contributed by atoms with E-state index in [0.717, 1.165) is 22.6 Å². The molecule has 2 aromatic carbocycles. The van der Waals surface area contributed by atoms with Crippen molar-refractivity contribution in [3.63, 3.8) is 0 Å². The molecule has 2 aromatic rings. The molecule has 25 heavy (non-hydrogen) atoms. The quantitative estimate of drug-likeness (QED) is 0.394. The van der Waals surface area contributed by atoms with Crippen LogP contribution in [0.2, 0.25) is 0 Å². The van der Waals surface area contributed by atoms with Gasteiger partial charge in [0.05, 0.1) is 0 Å². The molecule has 3 rings (SSSR count). The van der Waals surface area contributed by atoms with Crippen molar-refractivity contribution in [3.8, 4) is 5.75 Å². The first-order chi connectivity index (χ1) is 12.3. The molecule has 1 aliphatic heterocycles. The summed E-state index contributed by atoms with van der Waals surface area (Å²) in [7, 11) is 0. The van der Waals surface area contributed by atoms with Gasteiger partial charge < -0.3 is 4.74 Å². The van der Waals surface area contributed by atoms with Crippen LogP contribution in [0.4, 0.5) is 0 Å². The Morgan fingerprint density at radius 3 is 2.40 bits per heavy atom. The van der Waals surface area contributed by atoms with Gasteiger partial charge in [0.25, 0.3) is 0 Å². The Hall–Kier alpha value is -1.71. The van der Waals surface area contributed by atoms with E-state index < -0.39 is 11.2 Å². The predicted molar refractivity (Wildman–Crippen MR) is 107 cm³/mol. The molecule has 3 heteroatoms. The van der Waals surface area contributed by atoms with E-state index in [1.54, 1.807) is 5.41 Å². The summed E-state index contributed by atoms with van der Waals surface area (Å²) in [5, 5.41) is 1.73. The molecular formula is C22H27O2S. The van der Waals surface area contributed by atoms with E-state index in [9.17, 15) is 4.55 Å². The van der Waals surface area contributed by atoms with Crippen molar-refractivity contribution in [1.82, 2.24) is 0 Å². The SMILES string of the molecule is CCCCCCCCc1ccc(OC2=C[SH]([O])c3ccccc32)cc1. The lowest BCUT2D eigenvalue weighted by atomic mass is 10.0. The maximum absolute atomic E-state index is 12.1. The molecule has 0 N–H and O–H groups in total. The first-order valence-electron chi connectivity index (χ1n) is 9.32. The van der Waals surface area contributed by atoms with Crippen LogP contribution in [0.25, 0.3) is 5.76 Å². The third-order valence-corrected chi connectivity index (χ3v) is 5.95. The normalized spacial score (nSPS) is 17.2. The molecule has 0 aromatic heterocycles. The number of unbranched alkanes of at least 4 members (excludes halogenated alkanes) is 5. The maximum atomic E-state index is 12.1. The molecule has 0 saturated heterocycles. The van der Waals surface area contributed by atoms with Crippen LogP contribution in [0.15, 0.2) is 58.8 Å². The zero-order valence-electron chi connectivity index (χ0n) is 14.9. The lowest BCUT2D eigenvalue weighted by molar-refractivity contribution is 0.514. The van der Waals surface area contributed by atoms with Crippen molar-refractivity contribution in [2.45, 2.75) is 56.8 Å². The van der Waals surface area contributed by atoms with Crippen LogP contribution in [0.3, 0.4) is 0 Å². The Morgan fingerprint density at radius 2 is 1.60 bits per heavy atom. The number of fused-ring (bicyclic) bond motifs is 1. The number of aryl methyl sites for hydroxylation is 1. The molecule has 1 radical (unpaired) electrons. The first-order valence-corrected chi connectivity index (χ1v) is 10.6. The van der Waals surface area contributed by atoms with E-state index in [4.69, 9.17) is 4.74 Å². The standard InChI is InChI=1S/C22H27O2S/c1-2-3-4-5-6-7-10-18-13-15-19(16-14-18)24-21-17-25(23)22-12-9-8-11-20(21)22/h8-9,11-17,25H,2-7,10H2,1H3. The zero-order chi connectivity index (χ0) is 17.5. The Labute approximate surface area is 154 Å². The molecule has 1 heterocycles. The Balaban J connectivity index is 1.51. The van der Waals surface area contributed by atoms with Gasteiger partial charge in [-0.2, -0.15) is 4.55 Å². The summed E-state index contributed by atoms with van der Waals surface area (Å²) in [5.74, 6) is 1.51. The third-order valence-electron chi connectivity index (χ3n) is 4.61. The molecule has 2 nitrogen and oxygen atoms in total. The van der Waals surface area contributed by atoms with Crippen LogP contribution in [-0.2, 0) is 11.0 Å². The van der Waals surface area contributed by atoms with E-state index in [2.05, 4.69) is 19.1 Å². The van der Waals surface area contributed by atoms with Crippen LogP contribution < -0.4 is 4.74 Å². The van der Waals surface area contributed by atoms with Gasteiger partial charge in [0.15, 0.2) is 0 Å². The minimum atomic E-state index is -1.47. The average Bonchev–Trinajstić information content (AvgIpc) is 2.96. The molecule has 1 unspecified atom stereocenters. The van der Waals surface area contributed by atoms with Gasteiger partial charge in [-0.3, -0.25) is 0 Å². The molecule has 0 amide bonds. The van der Waals surface area contributed by atoms with Gasteiger partial charge in [-0.15, -0.1) is 0 Å². The molecule has 0 fully saturated rings. The van der Waals surface area contributed by atoms with Crippen LogP contribution >= 0.6 is 11.2 Å². The van der Waals surface area contributed by atoms with Crippen molar-refractivity contribution < 1.29 is 9.29 Å². The second-order valence-corrected chi connectivity index (χ2v) is 7.99. The fourth-order valence-electron chi connectivity index (χ4n) is 3.16. The van der Waals surface area contributed by atoms with Crippen LogP contribution in [0, 0.1) is 0 Å².